The second kappa shape index (κ2) is 6.72. The van der Waals surface area contributed by atoms with E-state index in [4.69, 9.17) is 4.42 Å². The van der Waals surface area contributed by atoms with Gasteiger partial charge in [-0.25, -0.2) is 8.42 Å². The van der Waals surface area contributed by atoms with E-state index in [1.54, 1.807) is 36.4 Å². The molecule has 0 saturated carbocycles. The van der Waals surface area contributed by atoms with Gasteiger partial charge in [0.05, 0.1) is 11.5 Å². The molecule has 25 heavy (non-hydrogen) atoms. The number of nitrogens with one attached hydrogen (secondary N) is 1. The van der Waals surface area contributed by atoms with E-state index in [1.165, 1.54) is 18.1 Å². The number of furan rings is 1. The second-order valence-corrected chi connectivity index (χ2v) is 8.26. The maximum Gasteiger partial charge on any atom is 0.253 e. The standard InChI is InChI=1S/C17H18N2O5S/c1-12(20)18-14-6-4-13(5-7-14)17(21)19-9-16(10-19)25(22,23)11-15-3-2-8-24-15/h2-8,16H,9-11H2,1H3,(H,18,20). The summed E-state index contributed by atoms with van der Waals surface area (Å²) in [4.78, 5) is 24.9. The van der Waals surface area contributed by atoms with Crippen LogP contribution in [0.2, 0.25) is 0 Å². The summed E-state index contributed by atoms with van der Waals surface area (Å²) in [7, 11) is -3.35. The molecule has 7 nitrogen and oxygen atoms in total. The number of carbonyl (C=O) groups excluding carboxylic acids is 2. The van der Waals surface area contributed by atoms with Crippen molar-refractivity contribution in [3.63, 3.8) is 0 Å². The molecule has 0 atom stereocenters. The van der Waals surface area contributed by atoms with Crippen LogP contribution in [0.4, 0.5) is 5.69 Å². The minimum absolute atomic E-state index is 0.155. The Kier molecular flexibility index (Phi) is 4.63. The predicted octanol–water partition coefficient (Wildman–Crippen LogP) is 1.68. The zero-order valence-electron chi connectivity index (χ0n) is 13.6. The zero-order valence-corrected chi connectivity index (χ0v) is 14.5. The molecule has 0 radical (unpaired) electrons. The average Bonchev–Trinajstić information content (AvgIpc) is 2.97. The lowest BCUT2D eigenvalue weighted by atomic mass is 10.1. The topological polar surface area (TPSA) is 96.7 Å². The second-order valence-electron chi connectivity index (χ2n) is 5.98. The van der Waals surface area contributed by atoms with Crippen LogP contribution in [0, 0.1) is 0 Å². The van der Waals surface area contributed by atoms with Crippen molar-refractivity contribution in [3.05, 3.63) is 54.0 Å². The van der Waals surface area contributed by atoms with Crippen LogP contribution in [-0.2, 0) is 20.4 Å². The lowest BCUT2D eigenvalue weighted by Gasteiger charge is -2.38. The summed E-state index contributed by atoms with van der Waals surface area (Å²) >= 11 is 0. The Balaban J connectivity index is 1.58. The molecule has 2 aromatic rings. The molecule has 1 aromatic heterocycles. The van der Waals surface area contributed by atoms with E-state index in [-0.39, 0.29) is 30.7 Å². The zero-order chi connectivity index (χ0) is 18.0. The molecular weight excluding hydrogens is 344 g/mol. The minimum Gasteiger partial charge on any atom is -0.468 e. The Hall–Kier alpha value is -2.61. The number of rotatable bonds is 5. The summed E-state index contributed by atoms with van der Waals surface area (Å²) in [6.07, 6.45) is 1.44. The SMILES string of the molecule is CC(=O)Nc1ccc(C(=O)N2CC(S(=O)(=O)Cc3ccco3)C2)cc1. The number of hydrogen-bond donors (Lipinski definition) is 1. The summed E-state index contributed by atoms with van der Waals surface area (Å²) < 4.78 is 29.7. The Morgan fingerprint density at radius 1 is 1.20 bits per heavy atom. The normalized spacial score (nSPS) is 14.8. The van der Waals surface area contributed by atoms with Crippen molar-refractivity contribution in [2.45, 2.75) is 17.9 Å². The summed E-state index contributed by atoms with van der Waals surface area (Å²) in [6, 6.07) is 9.76. The van der Waals surface area contributed by atoms with Crippen LogP contribution in [0.5, 0.6) is 0 Å². The van der Waals surface area contributed by atoms with E-state index < -0.39 is 15.1 Å². The van der Waals surface area contributed by atoms with Crippen molar-refractivity contribution in [2.24, 2.45) is 0 Å². The van der Waals surface area contributed by atoms with E-state index in [0.717, 1.165) is 0 Å². The molecule has 3 rings (SSSR count). The number of amides is 2. The highest BCUT2D eigenvalue weighted by Gasteiger charge is 2.40. The van der Waals surface area contributed by atoms with Gasteiger partial charge in [-0.1, -0.05) is 0 Å². The summed E-state index contributed by atoms with van der Waals surface area (Å²) in [5, 5.41) is 2.05. The third-order valence-corrected chi connectivity index (χ3v) is 6.02. The van der Waals surface area contributed by atoms with Gasteiger partial charge in [-0.05, 0) is 36.4 Å². The maximum atomic E-state index is 12.4. The van der Waals surface area contributed by atoms with Crippen molar-refractivity contribution < 1.29 is 22.4 Å². The third kappa shape index (κ3) is 3.90. The molecule has 1 fully saturated rings. The van der Waals surface area contributed by atoms with Gasteiger partial charge in [0.25, 0.3) is 5.91 Å². The van der Waals surface area contributed by atoms with Crippen LogP contribution >= 0.6 is 0 Å². The Morgan fingerprint density at radius 2 is 1.88 bits per heavy atom. The first-order valence-electron chi connectivity index (χ1n) is 7.76. The number of nitrogens with zero attached hydrogens (tertiary/aromatic N) is 1. The van der Waals surface area contributed by atoms with Gasteiger partial charge in [0.1, 0.15) is 11.5 Å². The summed E-state index contributed by atoms with van der Waals surface area (Å²) in [5.41, 5.74) is 1.06. The van der Waals surface area contributed by atoms with E-state index in [2.05, 4.69) is 5.32 Å². The van der Waals surface area contributed by atoms with Crippen LogP contribution in [0.15, 0.2) is 47.1 Å². The number of hydrogen-bond acceptors (Lipinski definition) is 5. The molecule has 1 N–H and O–H groups in total. The minimum atomic E-state index is -3.35. The fraction of sp³-hybridized carbons (Fsp3) is 0.294. The fourth-order valence-electron chi connectivity index (χ4n) is 2.62. The van der Waals surface area contributed by atoms with Gasteiger partial charge in [-0.15, -0.1) is 0 Å². The third-order valence-electron chi connectivity index (χ3n) is 4.02. The summed E-state index contributed by atoms with van der Waals surface area (Å²) in [6.45, 7) is 1.76. The van der Waals surface area contributed by atoms with E-state index in [0.29, 0.717) is 17.0 Å². The molecule has 8 heteroatoms. The highest BCUT2D eigenvalue weighted by molar-refractivity contribution is 7.91. The fourth-order valence-corrected chi connectivity index (χ4v) is 4.23. The van der Waals surface area contributed by atoms with E-state index in [1.807, 2.05) is 0 Å². The number of likely N-dealkylation sites (tertiary alicyclic amines) is 1. The lowest BCUT2D eigenvalue weighted by Crippen LogP contribution is -2.57. The van der Waals surface area contributed by atoms with Crippen LogP contribution in [0.25, 0.3) is 0 Å². The number of benzene rings is 1. The first-order valence-corrected chi connectivity index (χ1v) is 9.47. The van der Waals surface area contributed by atoms with Crippen molar-refractivity contribution >= 4 is 27.3 Å². The molecule has 132 valence electrons. The molecule has 0 bridgehead atoms. The number of carbonyl (C=O) groups is 2. The first kappa shape index (κ1) is 17.2. The molecule has 1 aliphatic heterocycles. The lowest BCUT2D eigenvalue weighted by molar-refractivity contribution is -0.114. The molecule has 1 aliphatic rings. The van der Waals surface area contributed by atoms with Gasteiger partial charge in [0.15, 0.2) is 9.84 Å². The molecule has 2 heterocycles. The molecular formula is C17H18N2O5S. The average molecular weight is 362 g/mol. The highest BCUT2D eigenvalue weighted by atomic mass is 32.2. The van der Waals surface area contributed by atoms with Crippen molar-refractivity contribution in [1.29, 1.82) is 0 Å². The maximum absolute atomic E-state index is 12.4. The van der Waals surface area contributed by atoms with Gasteiger partial charge in [-0.2, -0.15) is 0 Å². The van der Waals surface area contributed by atoms with Crippen LogP contribution < -0.4 is 5.32 Å². The molecule has 2 amide bonds. The first-order chi connectivity index (χ1) is 11.8. The van der Waals surface area contributed by atoms with E-state index in [9.17, 15) is 18.0 Å². The van der Waals surface area contributed by atoms with E-state index >= 15 is 0 Å². The molecule has 1 saturated heterocycles. The van der Waals surface area contributed by atoms with Gasteiger partial charge in [0, 0.05) is 31.3 Å². The van der Waals surface area contributed by atoms with Gasteiger partial charge >= 0.3 is 0 Å². The van der Waals surface area contributed by atoms with Gasteiger partial charge in [-0.3, -0.25) is 9.59 Å². The Bertz CT molecular complexity index is 866. The quantitative estimate of drug-likeness (QED) is 0.873. The summed E-state index contributed by atoms with van der Waals surface area (Å²) in [5.74, 6) is -0.165. The number of anilines is 1. The monoisotopic (exact) mass is 362 g/mol. The van der Waals surface area contributed by atoms with Crippen molar-refractivity contribution in [1.82, 2.24) is 4.90 Å². The van der Waals surface area contributed by atoms with Gasteiger partial charge < -0.3 is 14.6 Å². The highest BCUT2D eigenvalue weighted by Crippen LogP contribution is 2.23. The predicted molar refractivity (Wildman–Crippen MR) is 91.8 cm³/mol. The Labute approximate surface area is 145 Å². The molecule has 0 unspecified atom stereocenters. The number of sulfone groups is 1. The van der Waals surface area contributed by atoms with Gasteiger partial charge in [0.2, 0.25) is 5.91 Å². The smallest absolute Gasteiger partial charge is 0.253 e. The van der Waals surface area contributed by atoms with Crippen LogP contribution in [0.3, 0.4) is 0 Å². The Morgan fingerprint density at radius 3 is 2.44 bits per heavy atom. The molecule has 0 spiro atoms. The largest absolute Gasteiger partial charge is 0.468 e. The van der Waals surface area contributed by atoms with Crippen LogP contribution in [-0.4, -0.2) is 43.5 Å². The molecule has 0 aliphatic carbocycles. The van der Waals surface area contributed by atoms with Crippen molar-refractivity contribution in [3.8, 4) is 0 Å². The van der Waals surface area contributed by atoms with Crippen LogP contribution in [0.1, 0.15) is 23.0 Å². The molecule has 1 aromatic carbocycles. The van der Waals surface area contributed by atoms with Crippen molar-refractivity contribution in [2.75, 3.05) is 18.4 Å².